The Hall–Kier alpha value is -3.82. The molecule has 166 valence electrons. The van der Waals surface area contributed by atoms with Gasteiger partial charge in [0.2, 0.25) is 22.4 Å². The van der Waals surface area contributed by atoms with Gasteiger partial charge in [-0.2, -0.15) is 0 Å². The molecule has 0 amide bonds. The molecule has 0 saturated heterocycles. The number of benzene rings is 3. The molecule has 2 heterocycles. The predicted octanol–water partition coefficient (Wildman–Crippen LogP) is 4.87. The normalized spacial score (nSPS) is 12.5. The Morgan fingerprint density at radius 3 is 2.30 bits per heavy atom. The number of hydrogen-bond acceptors (Lipinski definition) is 8. The second-order valence-corrected chi connectivity index (χ2v) is 10.1. The number of sulfone groups is 1. The Kier molecular flexibility index (Phi) is 5.27. The molecule has 7 nitrogen and oxygen atoms in total. The highest BCUT2D eigenvalue weighted by Gasteiger charge is 2.32. The van der Waals surface area contributed by atoms with E-state index in [-0.39, 0.29) is 32.1 Å². The van der Waals surface area contributed by atoms with Gasteiger partial charge >= 0.3 is 0 Å². The number of carbonyl (C=O) groups is 1. The van der Waals surface area contributed by atoms with Crippen LogP contribution in [0.15, 0.2) is 88.7 Å². The minimum atomic E-state index is -4.00. The number of fused-ring (bicyclic) bond motifs is 1. The largest absolute Gasteiger partial charge is 0.454 e. The number of rotatable bonds is 6. The highest BCUT2D eigenvalue weighted by Crippen LogP contribution is 2.44. The third kappa shape index (κ3) is 3.81. The van der Waals surface area contributed by atoms with E-state index >= 15 is 0 Å². The minimum absolute atomic E-state index is 0.0821. The van der Waals surface area contributed by atoms with Gasteiger partial charge in [-0.25, -0.2) is 8.42 Å². The van der Waals surface area contributed by atoms with E-state index in [1.807, 2.05) is 18.2 Å². The lowest BCUT2D eigenvalue weighted by atomic mass is 10.1. The monoisotopic (exact) mass is 478 g/mol. The smallest absolute Gasteiger partial charge is 0.231 e. The van der Waals surface area contributed by atoms with Crippen molar-refractivity contribution in [2.24, 2.45) is 0 Å². The first-order valence-electron chi connectivity index (χ1n) is 9.94. The summed E-state index contributed by atoms with van der Waals surface area (Å²) >= 11 is 1.00. The highest BCUT2D eigenvalue weighted by atomic mass is 32.2. The van der Waals surface area contributed by atoms with E-state index in [4.69, 9.17) is 15.2 Å². The molecule has 0 atom stereocenters. The molecule has 0 unspecified atom stereocenters. The molecule has 5 rings (SSSR count). The molecular formula is C24H18N2O5S2. The quantitative estimate of drug-likeness (QED) is 0.381. The predicted molar refractivity (Wildman–Crippen MR) is 126 cm³/mol. The summed E-state index contributed by atoms with van der Waals surface area (Å²) < 4.78 is 37.7. The van der Waals surface area contributed by atoms with Gasteiger partial charge in [-0.05, 0) is 42.5 Å². The third-order valence-corrected chi connectivity index (χ3v) is 8.20. The van der Waals surface area contributed by atoms with Gasteiger partial charge in [-0.3, -0.25) is 4.79 Å². The molecule has 0 saturated carbocycles. The van der Waals surface area contributed by atoms with Crippen LogP contribution in [-0.4, -0.2) is 21.0 Å². The standard InChI is InChI=1S/C24H18N2O5S2/c25-20-22(21(27)15-11-12-18-19(13-15)31-14-30-18)32-24(26-16-7-3-1-4-8-16)23(20)33(28,29)17-9-5-2-6-10-17/h1-13,26H,14,25H2. The first-order chi connectivity index (χ1) is 15.9. The number of ketones is 1. The second-order valence-electron chi connectivity index (χ2n) is 7.21. The van der Waals surface area contributed by atoms with E-state index in [1.165, 1.54) is 12.1 Å². The zero-order valence-electron chi connectivity index (χ0n) is 17.1. The van der Waals surface area contributed by atoms with Gasteiger partial charge in [0.1, 0.15) is 14.8 Å². The molecule has 33 heavy (non-hydrogen) atoms. The van der Waals surface area contributed by atoms with E-state index in [0.717, 1.165) is 11.3 Å². The van der Waals surface area contributed by atoms with E-state index in [9.17, 15) is 13.2 Å². The van der Waals surface area contributed by atoms with Crippen molar-refractivity contribution in [1.29, 1.82) is 0 Å². The van der Waals surface area contributed by atoms with Crippen molar-refractivity contribution in [2.45, 2.75) is 9.79 Å². The number of anilines is 3. The van der Waals surface area contributed by atoms with Crippen molar-refractivity contribution in [1.82, 2.24) is 0 Å². The van der Waals surface area contributed by atoms with E-state index in [0.29, 0.717) is 22.7 Å². The summed E-state index contributed by atoms with van der Waals surface area (Å²) in [6, 6.07) is 21.9. The van der Waals surface area contributed by atoms with Crippen molar-refractivity contribution in [3.63, 3.8) is 0 Å². The highest BCUT2D eigenvalue weighted by molar-refractivity contribution is 7.92. The number of carbonyl (C=O) groups excluding carboxylic acids is 1. The lowest BCUT2D eigenvalue weighted by molar-refractivity contribution is 0.104. The Balaban J connectivity index is 1.64. The van der Waals surface area contributed by atoms with Crippen LogP contribution in [-0.2, 0) is 9.84 Å². The number of nitrogens with one attached hydrogen (secondary N) is 1. The molecule has 1 aliphatic heterocycles. The van der Waals surface area contributed by atoms with Crippen molar-refractivity contribution in [3.05, 3.63) is 89.3 Å². The summed E-state index contributed by atoms with van der Waals surface area (Å²) in [5.74, 6) is 0.599. The van der Waals surface area contributed by atoms with Crippen molar-refractivity contribution >= 4 is 43.3 Å². The summed E-state index contributed by atoms with van der Waals surface area (Å²) in [7, 11) is -4.00. The topological polar surface area (TPSA) is 108 Å². The zero-order valence-corrected chi connectivity index (χ0v) is 18.8. The fraction of sp³-hybridized carbons (Fsp3) is 0.0417. The Labute approximate surface area is 194 Å². The molecule has 3 N–H and O–H groups in total. The van der Waals surface area contributed by atoms with Crippen LogP contribution in [0.4, 0.5) is 16.4 Å². The van der Waals surface area contributed by atoms with Crippen LogP contribution in [0.25, 0.3) is 0 Å². The van der Waals surface area contributed by atoms with Crippen LogP contribution < -0.4 is 20.5 Å². The summed E-state index contributed by atoms with van der Waals surface area (Å²) in [5, 5.41) is 3.39. The SMILES string of the molecule is Nc1c(C(=O)c2ccc3c(c2)OCO3)sc(Nc2ccccc2)c1S(=O)(=O)c1ccccc1. The van der Waals surface area contributed by atoms with Gasteiger partial charge in [0.15, 0.2) is 11.5 Å². The van der Waals surface area contributed by atoms with Gasteiger partial charge in [0.25, 0.3) is 0 Å². The molecule has 0 radical (unpaired) electrons. The number of nitrogens with two attached hydrogens (primary N) is 1. The van der Waals surface area contributed by atoms with Crippen LogP contribution in [0, 0.1) is 0 Å². The van der Waals surface area contributed by atoms with Crippen LogP contribution in [0.2, 0.25) is 0 Å². The third-order valence-electron chi connectivity index (χ3n) is 5.09. The van der Waals surface area contributed by atoms with Crippen LogP contribution in [0.1, 0.15) is 15.2 Å². The zero-order chi connectivity index (χ0) is 23.0. The first-order valence-corrected chi connectivity index (χ1v) is 12.2. The summed E-state index contributed by atoms with van der Waals surface area (Å²) in [5.41, 5.74) is 7.25. The lowest BCUT2D eigenvalue weighted by Crippen LogP contribution is -2.08. The minimum Gasteiger partial charge on any atom is -0.454 e. The van der Waals surface area contributed by atoms with E-state index in [2.05, 4.69) is 5.32 Å². The molecule has 0 bridgehead atoms. The fourth-order valence-electron chi connectivity index (χ4n) is 3.49. The maximum atomic E-state index is 13.5. The average Bonchev–Trinajstić information content (AvgIpc) is 3.43. The van der Waals surface area contributed by atoms with Gasteiger partial charge < -0.3 is 20.5 Å². The molecule has 0 spiro atoms. The van der Waals surface area contributed by atoms with Crippen LogP contribution in [0.3, 0.4) is 0 Å². The molecule has 3 aromatic carbocycles. The van der Waals surface area contributed by atoms with E-state index < -0.39 is 15.6 Å². The molecule has 0 aliphatic carbocycles. The van der Waals surface area contributed by atoms with Crippen molar-refractivity contribution < 1.29 is 22.7 Å². The molecular weight excluding hydrogens is 460 g/mol. The van der Waals surface area contributed by atoms with Gasteiger partial charge in [0, 0.05) is 11.3 Å². The molecule has 9 heteroatoms. The van der Waals surface area contributed by atoms with Crippen molar-refractivity contribution in [2.75, 3.05) is 17.8 Å². The van der Waals surface area contributed by atoms with Crippen molar-refractivity contribution in [3.8, 4) is 11.5 Å². The van der Waals surface area contributed by atoms with Crippen LogP contribution >= 0.6 is 11.3 Å². The number of thiophene rings is 1. The Morgan fingerprint density at radius 1 is 0.909 bits per heavy atom. The van der Waals surface area contributed by atoms with Gasteiger partial charge in [-0.15, -0.1) is 11.3 Å². The number of nitrogen functional groups attached to an aromatic ring is 1. The Bertz CT molecular complexity index is 1450. The summed E-state index contributed by atoms with van der Waals surface area (Å²) in [4.78, 5) is 13.5. The maximum Gasteiger partial charge on any atom is 0.231 e. The maximum absolute atomic E-state index is 13.5. The Morgan fingerprint density at radius 2 is 1.58 bits per heavy atom. The fourth-order valence-corrected chi connectivity index (χ4v) is 6.44. The number of ether oxygens (including phenoxy) is 2. The molecule has 4 aromatic rings. The number of hydrogen-bond donors (Lipinski definition) is 2. The van der Waals surface area contributed by atoms with Gasteiger partial charge in [-0.1, -0.05) is 36.4 Å². The first kappa shape index (κ1) is 21.0. The van der Waals surface area contributed by atoms with E-state index in [1.54, 1.807) is 48.5 Å². The van der Waals surface area contributed by atoms with Gasteiger partial charge in [0.05, 0.1) is 10.6 Å². The number of para-hydroxylation sites is 1. The molecule has 1 aliphatic rings. The summed E-state index contributed by atoms with van der Waals surface area (Å²) in [6.45, 7) is 0.0821. The molecule has 0 fully saturated rings. The van der Waals surface area contributed by atoms with Crippen LogP contribution in [0.5, 0.6) is 11.5 Å². The lowest BCUT2D eigenvalue weighted by Gasteiger charge is -2.09. The second kappa shape index (κ2) is 8.27. The summed E-state index contributed by atoms with van der Waals surface area (Å²) in [6.07, 6.45) is 0. The molecule has 1 aromatic heterocycles. The average molecular weight is 479 g/mol.